The van der Waals surface area contributed by atoms with Crippen molar-refractivity contribution in [2.45, 2.75) is 48.2 Å². The van der Waals surface area contributed by atoms with Crippen LogP contribution in [0.25, 0.3) is 6.08 Å². The summed E-state index contributed by atoms with van der Waals surface area (Å²) in [6.45, 7) is 2.33. The summed E-state index contributed by atoms with van der Waals surface area (Å²) in [6.07, 6.45) is -0.157. The number of benzene rings is 2. The maximum absolute atomic E-state index is 13.1. The first-order valence-electron chi connectivity index (χ1n) is 12.5. The summed E-state index contributed by atoms with van der Waals surface area (Å²) >= 11 is 1.38. The third kappa shape index (κ3) is 8.22. The van der Waals surface area contributed by atoms with Crippen LogP contribution in [0.2, 0.25) is 0 Å². The Morgan fingerprint density at radius 1 is 0.927 bits per heavy atom. The Balaban J connectivity index is 1.34. The summed E-state index contributed by atoms with van der Waals surface area (Å²) in [4.78, 5) is 3.88. The smallest absolute Gasteiger partial charge is 0.382 e. The van der Waals surface area contributed by atoms with E-state index in [2.05, 4.69) is 10.1 Å². The molecule has 13 heteroatoms. The second-order valence-electron chi connectivity index (χ2n) is 9.39. The fourth-order valence-corrected chi connectivity index (χ4v) is 5.49. The highest BCUT2D eigenvalue weighted by Crippen LogP contribution is 2.39. The standard InChI is InChI=1S/C28H27F6N3O3S/c1-19(26(38,16-37-18-35-17-36-37)21-10-12-23(13-11-21)28(32,33)34)41-24-14-39-25(40-15-24)5-3-2-4-20-6-8-22(9-7-20)27(29,30)31/h2-13,17-19,24-25,38H,14-16H2,1H3. The summed E-state index contributed by atoms with van der Waals surface area (Å²) in [6, 6.07) is 9.19. The van der Waals surface area contributed by atoms with Crippen molar-refractivity contribution in [2.75, 3.05) is 13.2 Å². The molecule has 0 spiro atoms. The molecule has 1 aromatic heterocycles. The monoisotopic (exact) mass is 599 g/mol. The fourth-order valence-electron chi connectivity index (χ4n) is 4.16. The molecule has 1 N–H and O–H groups in total. The molecule has 220 valence electrons. The van der Waals surface area contributed by atoms with E-state index in [0.29, 0.717) is 24.3 Å². The van der Waals surface area contributed by atoms with Crippen molar-refractivity contribution in [3.8, 4) is 0 Å². The summed E-state index contributed by atoms with van der Waals surface area (Å²) in [5.74, 6) is 0. The van der Waals surface area contributed by atoms with Gasteiger partial charge in [0, 0.05) is 5.25 Å². The van der Waals surface area contributed by atoms with Gasteiger partial charge in [-0.1, -0.05) is 49.4 Å². The first-order chi connectivity index (χ1) is 19.3. The van der Waals surface area contributed by atoms with Crippen LogP contribution in [0, 0.1) is 0 Å². The molecule has 0 aliphatic carbocycles. The third-order valence-corrected chi connectivity index (χ3v) is 7.90. The van der Waals surface area contributed by atoms with E-state index in [1.165, 1.54) is 53.4 Å². The van der Waals surface area contributed by atoms with Gasteiger partial charge in [0.25, 0.3) is 0 Å². The number of allylic oxidation sites excluding steroid dienone is 2. The summed E-state index contributed by atoms with van der Waals surface area (Å²) in [5.41, 5.74) is -2.20. The van der Waals surface area contributed by atoms with Gasteiger partial charge in [0.15, 0.2) is 6.29 Å². The molecule has 2 heterocycles. The number of nitrogens with zero attached hydrogens (tertiary/aromatic N) is 3. The molecular formula is C28H27F6N3O3S. The van der Waals surface area contributed by atoms with Gasteiger partial charge in [-0.2, -0.15) is 31.4 Å². The van der Waals surface area contributed by atoms with E-state index >= 15 is 0 Å². The Morgan fingerprint density at radius 2 is 1.49 bits per heavy atom. The molecule has 2 atom stereocenters. The van der Waals surface area contributed by atoms with Gasteiger partial charge in [-0.05, 0) is 41.5 Å². The van der Waals surface area contributed by atoms with Gasteiger partial charge in [-0.3, -0.25) is 0 Å². The average Bonchev–Trinajstić information content (AvgIpc) is 3.44. The summed E-state index contributed by atoms with van der Waals surface area (Å²) in [7, 11) is 0. The molecule has 4 rings (SSSR count). The topological polar surface area (TPSA) is 69.4 Å². The third-order valence-electron chi connectivity index (χ3n) is 6.45. The lowest BCUT2D eigenvalue weighted by molar-refractivity contribution is -0.146. The largest absolute Gasteiger partial charge is 0.416 e. The molecule has 0 saturated carbocycles. The predicted octanol–water partition coefficient (Wildman–Crippen LogP) is 6.34. The van der Waals surface area contributed by atoms with Crippen molar-refractivity contribution < 1.29 is 40.9 Å². The molecule has 1 aliphatic heterocycles. The quantitative estimate of drug-likeness (QED) is 0.229. The van der Waals surface area contributed by atoms with Gasteiger partial charge in [0.1, 0.15) is 18.3 Å². The SMILES string of the molecule is CC(SC1COC(C=CC=Cc2ccc(C(F)(F)F)cc2)OC1)C(O)(Cn1cncn1)c1ccc(C(F)(F)F)cc1. The molecule has 0 amide bonds. The fraction of sp³-hybridized carbons (Fsp3) is 0.357. The van der Waals surface area contributed by atoms with Crippen molar-refractivity contribution in [1.82, 2.24) is 14.8 Å². The van der Waals surface area contributed by atoms with E-state index in [-0.39, 0.29) is 11.8 Å². The van der Waals surface area contributed by atoms with Crippen LogP contribution >= 0.6 is 11.8 Å². The maximum atomic E-state index is 13.1. The molecule has 3 aromatic rings. The van der Waals surface area contributed by atoms with E-state index in [1.807, 2.05) is 0 Å². The number of aliphatic hydroxyl groups is 1. The van der Waals surface area contributed by atoms with Gasteiger partial charge in [0.2, 0.25) is 0 Å². The predicted molar refractivity (Wildman–Crippen MR) is 142 cm³/mol. The van der Waals surface area contributed by atoms with Crippen molar-refractivity contribution in [3.05, 3.63) is 102 Å². The van der Waals surface area contributed by atoms with E-state index in [9.17, 15) is 31.4 Å². The van der Waals surface area contributed by atoms with Gasteiger partial charge in [-0.15, -0.1) is 11.8 Å². The Morgan fingerprint density at radius 3 is 2.02 bits per heavy atom. The Kier molecular flexibility index (Phi) is 9.62. The van der Waals surface area contributed by atoms with Crippen LogP contribution in [-0.4, -0.2) is 49.9 Å². The van der Waals surface area contributed by atoms with Gasteiger partial charge in [-0.25, -0.2) is 9.67 Å². The van der Waals surface area contributed by atoms with Crippen LogP contribution in [0.15, 0.2) is 79.4 Å². The summed E-state index contributed by atoms with van der Waals surface area (Å²) < 4.78 is 90.2. The van der Waals surface area contributed by atoms with Crippen LogP contribution in [0.5, 0.6) is 0 Å². The molecule has 6 nitrogen and oxygen atoms in total. The van der Waals surface area contributed by atoms with E-state index in [0.717, 1.165) is 24.3 Å². The lowest BCUT2D eigenvalue weighted by Gasteiger charge is -2.37. The molecule has 2 unspecified atom stereocenters. The highest BCUT2D eigenvalue weighted by Gasteiger charge is 2.40. The number of rotatable bonds is 9. The molecule has 1 fully saturated rings. The molecule has 41 heavy (non-hydrogen) atoms. The van der Waals surface area contributed by atoms with Crippen molar-refractivity contribution in [2.24, 2.45) is 0 Å². The summed E-state index contributed by atoms with van der Waals surface area (Å²) in [5, 5.41) is 15.1. The first kappa shape index (κ1) is 30.8. The highest BCUT2D eigenvalue weighted by molar-refractivity contribution is 8.00. The van der Waals surface area contributed by atoms with Gasteiger partial charge < -0.3 is 14.6 Å². The van der Waals surface area contributed by atoms with E-state index < -0.39 is 40.6 Å². The number of alkyl halides is 6. The molecular weight excluding hydrogens is 572 g/mol. The van der Waals surface area contributed by atoms with Gasteiger partial charge >= 0.3 is 12.4 Å². The Bertz CT molecular complexity index is 1300. The van der Waals surface area contributed by atoms with Crippen LogP contribution in [0.1, 0.15) is 29.2 Å². The van der Waals surface area contributed by atoms with Crippen LogP contribution in [-0.2, 0) is 34.0 Å². The van der Waals surface area contributed by atoms with Crippen molar-refractivity contribution >= 4 is 17.8 Å². The molecule has 1 saturated heterocycles. The number of ether oxygens (including phenoxy) is 2. The highest BCUT2D eigenvalue weighted by atomic mass is 32.2. The number of halogens is 6. The first-order valence-corrected chi connectivity index (χ1v) is 13.4. The number of hydrogen-bond donors (Lipinski definition) is 1. The zero-order chi connectivity index (χ0) is 29.7. The Labute approximate surface area is 236 Å². The second-order valence-corrected chi connectivity index (χ2v) is 11.0. The molecule has 0 bridgehead atoms. The van der Waals surface area contributed by atoms with E-state index in [4.69, 9.17) is 9.47 Å². The number of hydrogen-bond acceptors (Lipinski definition) is 6. The van der Waals surface area contributed by atoms with Crippen molar-refractivity contribution in [3.63, 3.8) is 0 Å². The normalized spacial score (nSPS) is 20.9. The Hall–Kier alpha value is -3.13. The van der Waals surface area contributed by atoms with Gasteiger partial charge in [0.05, 0.1) is 36.1 Å². The van der Waals surface area contributed by atoms with E-state index in [1.54, 1.807) is 31.2 Å². The minimum absolute atomic E-state index is 0.0302. The minimum Gasteiger partial charge on any atom is -0.382 e. The van der Waals surface area contributed by atoms with Crippen LogP contribution < -0.4 is 0 Å². The molecule has 2 aromatic carbocycles. The minimum atomic E-state index is -4.50. The zero-order valence-corrected chi connectivity index (χ0v) is 22.5. The second kappa shape index (κ2) is 12.8. The number of thioether (sulfide) groups is 1. The lowest BCUT2D eigenvalue weighted by atomic mass is 9.90. The van der Waals surface area contributed by atoms with Crippen LogP contribution in [0.3, 0.4) is 0 Å². The average molecular weight is 600 g/mol. The van der Waals surface area contributed by atoms with Crippen LogP contribution in [0.4, 0.5) is 26.3 Å². The van der Waals surface area contributed by atoms with Crippen molar-refractivity contribution in [1.29, 1.82) is 0 Å². The number of aromatic nitrogens is 3. The maximum Gasteiger partial charge on any atom is 0.416 e. The molecule has 0 radical (unpaired) electrons. The zero-order valence-electron chi connectivity index (χ0n) is 21.7. The molecule has 1 aliphatic rings. The lowest BCUT2D eigenvalue weighted by Crippen LogP contribution is -2.43.